The Morgan fingerprint density at radius 3 is 2.29 bits per heavy atom. The van der Waals surface area contributed by atoms with Gasteiger partial charge in [0.1, 0.15) is 0 Å². The quantitative estimate of drug-likeness (QED) is 0.605. The number of hydrogen-bond donors (Lipinski definition) is 1. The summed E-state index contributed by atoms with van der Waals surface area (Å²) in [6, 6.07) is 2.07. The zero-order valence-electron chi connectivity index (χ0n) is 19.3. The number of rotatable bonds is 3. The van der Waals surface area contributed by atoms with Crippen LogP contribution in [-0.2, 0) is 0 Å². The van der Waals surface area contributed by atoms with Crippen molar-refractivity contribution in [1.29, 1.82) is 0 Å². The van der Waals surface area contributed by atoms with Gasteiger partial charge in [-0.2, -0.15) is 0 Å². The summed E-state index contributed by atoms with van der Waals surface area (Å²) in [5.41, 5.74) is 5.20. The highest BCUT2D eigenvalue weighted by Gasteiger charge is 2.58. The van der Waals surface area contributed by atoms with E-state index in [9.17, 15) is 9.90 Å². The number of ketones is 1. The molecule has 156 valence electrons. The van der Waals surface area contributed by atoms with Crippen molar-refractivity contribution in [2.75, 3.05) is 0 Å². The van der Waals surface area contributed by atoms with Crippen LogP contribution in [0.15, 0.2) is 6.07 Å². The Hall–Kier alpha value is -1.15. The molecule has 28 heavy (non-hydrogen) atoms. The molecule has 0 bridgehead atoms. The standard InChI is InChI=1S/C26H40O2/c1-16-14-20(19(4)18(3)17(16)2)21(27)15-23-25(7)12-9-11-24(5,6)22(25)10-13-26(23,8)28/h14,22-23,28H,9-13,15H2,1-8H3/t22?,23-,25+,26-/m1/s1. The summed E-state index contributed by atoms with van der Waals surface area (Å²) in [4.78, 5) is 13.5. The van der Waals surface area contributed by atoms with Gasteiger partial charge in [-0.15, -0.1) is 0 Å². The van der Waals surface area contributed by atoms with Crippen molar-refractivity contribution in [3.8, 4) is 0 Å². The maximum atomic E-state index is 13.5. The molecule has 1 N–H and O–H groups in total. The van der Waals surface area contributed by atoms with E-state index in [1.807, 2.05) is 6.92 Å². The predicted molar refractivity (Wildman–Crippen MR) is 117 cm³/mol. The van der Waals surface area contributed by atoms with Gasteiger partial charge in [-0.25, -0.2) is 0 Å². The van der Waals surface area contributed by atoms with Crippen molar-refractivity contribution in [3.05, 3.63) is 33.9 Å². The molecule has 3 rings (SSSR count). The zero-order chi connectivity index (χ0) is 21.1. The van der Waals surface area contributed by atoms with Gasteiger partial charge in [0.2, 0.25) is 0 Å². The lowest BCUT2D eigenvalue weighted by atomic mass is 9.45. The molecule has 1 aromatic carbocycles. The molecule has 1 unspecified atom stereocenters. The van der Waals surface area contributed by atoms with E-state index in [1.165, 1.54) is 29.5 Å². The van der Waals surface area contributed by atoms with Crippen LogP contribution in [-0.4, -0.2) is 16.5 Å². The minimum atomic E-state index is -0.767. The van der Waals surface area contributed by atoms with E-state index in [0.29, 0.717) is 12.3 Å². The summed E-state index contributed by atoms with van der Waals surface area (Å²) in [5.74, 6) is 0.806. The van der Waals surface area contributed by atoms with Crippen LogP contribution in [0, 0.1) is 50.4 Å². The fourth-order valence-electron chi connectivity index (χ4n) is 6.87. The lowest BCUT2D eigenvalue weighted by Crippen LogP contribution is -2.58. The van der Waals surface area contributed by atoms with Gasteiger partial charge in [0.05, 0.1) is 5.60 Å². The molecule has 2 aliphatic carbocycles. The Bertz CT molecular complexity index is 786. The summed E-state index contributed by atoms with van der Waals surface area (Å²) >= 11 is 0. The molecule has 2 heteroatoms. The lowest BCUT2D eigenvalue weighted by molar-refractivity contribution is -0.165. The number of carbonyl (C=O) groups is 1. The lowest BCUT2D eigenvalue weighted by Gasteiger charge is -2.61. The van der Waals surface area contributed by atoms with E-state index in [1.54, 1.807) is 0 Å². The molecule has 2 nitrogen and oxygen atoms in total. The second-order valence-electron chi connectivity index (χ2n) is 11.1. The van der Waals surface area contributed by atoms with Crippen LogP contribution in [0.5, 0.6) is 0 Å². The molecule has 0 saturated heterocycles. The van der Waals surface area contributed by atoms with Crippen LogP contribution in [0.2, 0.25) is 0 Å². The van der Waals surface area contributed by atoms with E-state index >= 15 is 0 Å². The highest BCUT2D eigenvalue weighted by molar-refractivity contribution is 5.98. The monoisotopic (exact) mass is 384 g/mol. The first kappa shape index (κ1) is 21.6. The topological polar surface area (TPSA) is 37.3 Å². The number of aliphatic hydroxyl groups is 1. The Morgan fingerprint density at radius 2 is 1.64 bits per heavy atom. The minimum absolute atomic E-state index is 0.0205. The SMILES string of the molecule is Cc1cc(C(=O)C[C@@H]2[C@@]3(C)CCCC(C)(C)C3CC[C@@]2(C)O)c(C)c(C)c1C. The van der Waals surface area contributed by atoms with Crippen LogP contribution in [0.3, 0.4) is 0 Å². The van der Waals surface area contributed by atoms with E-state index in [4.69, 9.17) is 0 Å². The van der Waals surface area contributed by atoms with Crippen molar-refractivity contribution in [1.82, 2.24) is 0 Å². The molecule has 0 radical (unpaired) electrons. The Morgan fingerprint density at radius 1 is 1.00 bits per heavy atom. The fourth-order valence-corrected chi connectivity index (χ4v) is 6.87. The van der Waals surface area contributed by atoms with Gasteiger partial charge < -0.3 is 5.11 Å². The molecule has 2 aliphatic rings. The fraction of sp³-hybridized carbons (Fsp3) is 0.731. The van der Waals surface area contributed by atoms with Gasteiger partial charge in [-0.05, 0) is 105 Å². The third-order valence-corrected chi connectivity index (χ3v) is 8.93. The molecular formula is C26H40O2. The number of aryl methyl sites for hydroxylation is 1. The molecular weight excluding hydrogens is 344 g/mol. The molecule has 1 aromatic rings. The summed E-state index contributed by atoms with van der Waals surface area (Å²) in [7, 11) is 0. The van der Waals surface area contributed by atoms with Gasteiger partial charge >= 0.3 is 0 Å². The molecule has 0 aromatic heterocycles. The molecule has 0 aliphatic heterocycles. The van der Waals surface area contributed by atoms with E-state index in [0.717, 1.165) is 30.4 Å². The number of fused-ring (bicyclic) bond motifs is 1. The van der Waals surface area contributed by atoms with Gasteiger partial charge in [0.25, 0.3) is 0 Å². The van der Waals surface area contributed by atoms with Crippen molar-refractivity contribution < 1.29 is 9.90 Å². The van der Waals surface area contributed by atoms with Crippen LogP contribution in [0.1, 0.15) is 98.8 Å². The molecule has 2 saturated carbocycles. The largest absolute Gasteiger partial charge is 0.390 e. The molecule has 4 atom stereocenters. The van der Waals surface area contributed by atoms with Gasteiger partial charge in [-0.1, -0.05) is 27.2 Å². The average Bonchev–Trinajstić information content (AvgIpc) is 2.58. The smallest absolute Gasteiger partial charge is 0.163 e. The number of Topliss-reactive ketones (excluding diaryl/α,β-unsaturated/α-hetero) is 1. The third kappa shape index (κ3) is 3.36. The Labute approximate surface area is 172 Å². The summed E-state index contributed by atoms with van der Waals surface area (Å²) in [6.45, 7) is 17.5. The molecule has 2 fully saturated rings. The van der Waals surface area contributed by atoms with Crippen molar-refractivity contribution >= 4 is 5.78 Å². The summed E-state index contributed by atoms with van der Waals surface area (Å²) in [6.07, 6.45) is 5.91. The second kappa shape index (κ2) is 6.97. The van der Waals surface area contributed by atoms with Gasteiger partial charge in [-0.3, -0.25) is 4.79 Å². The van der Waals surface area contributed by atoms with Gasteiger partial charge in [0, 0.05) is 17.9 Å². The van der Waals surface area contributed by atoms with Crippen molar-refractivity contribution in [2.24, 2.45) is 22.7 Å². The van der Waals surface area contributed by atoms with Crippen LogP contribution in [0.4, 0.5) is 0 Å². The van der Waals surface area contributed by atoms with E-state index in [2.05, 4.69) is 54.5 Å². The predicted octanol–water partition coefficient (Wildman–Crippen LogP) is 6.49. The van der Waals surface area contributed by atoms with E-state index < -0.39 is 5.60 Å². The van der Waals surface area contributed by atoms with Crippen molar-refractivity contribution in [3.63, 3.8) is 0 Å². The number of hydrogen-bond acceptors (Lipinski definition) is 2. The molecule has 0 spiro atoms. The first-order chi connectivity index (χ1) is 12.8. The number of benzene rings is 1. The summed E-state index contributed by atoms with van der Waals surface area (Å²) < 4.78 is 0. The maximum Gasteiger partial charge on any atom is 0.163 e. The number of carbonyl (C=O) groups excluding carboxylic acids is 1. The first-order valence-electron chi connectivity index (χ1n) is 11.1. The Kier molecular flexibility index (Phi) is 5.37. The van der Waals surface area contributed by atoms with Crippen LogP contribution in [0.25, 0.3) is 0 Å². The maximum absolute atomic E-state index is 13.5. The first-order valence-corrected chi connectivity index (χ1v) is 11.1. The van der Waals surface area contributed by atoms with Crippen molar-refractivity contribution in [2.45, 2.75) is 99.5 Å². The highest BCUT2D eigenvalue weighted by Crippen LogP contribution is 2.62. The summed E-state index contributed by atoms with van der Waals surface area (Å²) in [5, 5.41) is 11.4. The Balaban J connectivity index is 1.98. The van der Waals surface area contributed by atoms with Crippen LogP contribution < -0.4 is 0 Å². The average molecular weight is 385 g/mol. The minimum Gasteiger partial charge on any atom is -0.390 e. The normalized spacial score (nSPS) is 34.8. The zero-order valence-corrected chi connectivity index (χ0v) is 19.3. The second-order valence-corrected chi connectivity index (χ2v) is 11.1. The highest BCUT2D eigenvalue weighted by atomic mass is 16.3. The van der Waals surface area contributed by atoms with E-state index in [-0.39, 0.29) is 22.5 Å². The molecule has 0 heterocycles. The third-order valence-electron chi connectivity index (χ3n) is 8.93. The van der Waals surface area contributed by atoms with Gasteiger partial charge in [0.15, 0.2) is 5.78 Å². The van der Waals surface area contributed by atoms with Crippen LogP contribution >= 0.6 is 0 Å². The molecule has 0 amide bonds.